The first-order valence-corrected chi connectivity index (χ1v) is 10.7. The Hall–Kier alpha value is -2.41. The number of aryl methyl sites for hydroxylation is 2. The third-order valence-corrected chi connectivity index (χ3v) is 6.24. The second kappa shape index (κ2) is 9.16. The second-order valence-electron chi connectivity index (χ2n) is 8.25. The molecule has 160 valence electrons. The van der Waals surface area contributed by atoms with E-state index >= 15 is 0 Å². The molecule has 0 radical (unpaired) electrons. The lowest BCUT2D eigenvalue weighted by molar-refractivity contribution is 0.0484. The number of aromatic nitrogens is 2. The van der Waals surface area contributed by atoms with Gasteiger partial charge in [-0.15, -0.1) is 0 Å². The second-order valence-corrected chi connectivity index (χ2v) is 8.25. The summed E-state index contributed by atoms with van der Waals surface area (Å²) in [5, 5.41) is 9.65. The number of methoxy groups -OCH3 is 1. The normalized spacial score (nSPS) is 18.2. The molecule has 2 heterocycles. The van der Waals surface area contributed by atoms with Crippen molar-refractivity contribution in [3.05, 3.63) is 59.4 Å². The maximum atomic E-state index is 9.65. The van der Waals surface area contributed by atoms with Gasteiger partial charge in [-0.05, 0) is 42.7 Å². The Morgan fingerprint density at radius 1 is 1.13 bits per heavy atom. The number of ether oxygens (including phenoxy) is 1. The average molecular weight is 409 g/mol. The van der Waals surface area contributed by atoms with Crippen molar-refractivity contribution in [3.8, 4) is 5.75 Å². The molecule has 1 aromatic heterocycles. The molecule has 0 bridgehead atoms. The molecule has 0 saturated carbocycles. The zero-order valence-corrected chi connectivity index (χ0v) is 18.2. The molecule has 0 aliphatic carbocycles. The summed E-state index contributed by atoms with van der Waals surface area (Å²) in [5.41, 5.74) is 4.68. The van der Waals surface area contributed by atoms with E-state index < -0.39 is 0 Å². The van der Waals surface area contributed by atoms with Crippen LogP contribution in [-0.2, 0) is 20.1 Å². The summed E-state index contributed by atoms with van der Waals surface area (Å²) < 4.78 is 7.59. The van der Waals surface area contributed by atoms with Crippen LogP contribution in [0.5, 0.6) is 5.75 Å². The van der Waals surface area contributed by atoms with Crippen LogP contribution in [0.2, 0.25) is 0 Å². The van der Waals surface area contributed by atoms with E-state index in [1.165, 1.54) is 11.1 Å². The predicted molar refractivity (Wildman–Crippen MR) is 120 cm³/mol. The van der Waals surface area contributed by atoms with Crippen LogP contribution in [0.4, 0.5) is 0 Å². The minimum Gasteiger partial charge on any atom is -0.496 e. The fraction of sp³-hybridized carbons (Fsp3) is 0.458. The molecule has 1 fully saturated rings. The van der Waals surface area contributed by atoms with E-state index in [0.717, 1.165) is 61.8 Å². The van der Waals surface area contributed by atoms with Crippen LogP contribution in [0.1, 0.15) is 23.4 Å². The van der Waals surface area contributed by atoms with Crippen molar-refractivity contribution < 1.29 is 9.84 Å². The largest absolute Gasteiger partial charge is 0.496 e. The highest BCUT2D eigenvalue weighted by Gasteiger charge is 2.27. The van der Waals surface area contributed by atoms with E-state index in [2.05, 4.69) is 58.7 Å². The Morgan fingerprint density at radius 2 is 1.97 bits per heavy atom. The van der Waals surface area contributed by atoms with E-state index in [1.54, 1.807) is 7.11 Å². The zero-order valence-electron chi connectivity index (χ0n) is 18.2. The molecular formula is C24H32N4O2. The van der Waals surface area contributed by atoms with Crippen molar-refractivity contribution in [2.45, 2.75) is 32.5 Å². The standard InChI is InChI=1S/C24H32N4O2/c1-18-14-19(8-9-23(18)30-3)15-28-12-11-27(16-20(28)10-13-29)17-24-25-21-6-4-5-7-22(21)26(24)2/h4-9,14,20,29H,10-13,15-17H2,1-3H3/t20-/m0/s1. The molecule has 2 aromatic carbocycles. The van der Waals surface area contributed by atoms with Crippen molar-refractivity contribution in [1.29, 1.82) is 0 Å². The quantitative estimate of drug-likeness (QED) is 0.651. The van der Waals surface area contributed by atoms with Gasteiger partial charge < -0.3 is 14.4 Å². The predicted octanol–water partition coefficient (Wildman–Crippen LogP) is 2.96. The molecule has 1 N–H and O–H groups in total. The van der Waals surface area contributed by atoms with Gasteiger partial charge in [0.25, 0.3) is 0 Å². The van der Waals surface area contributed by atoms with Gasteiger partial charge in [-0.3, -0.25) is 9.80 Å². The summed E-state index contributed by atoms with van der Waals surface area (Å²) in [4.78, 5) is 9.81. The van der Waals surface area contributed by atoms with E-state index in [0.29, 0.717) is 6.04 Å². The van der Waals surface area contributed by atoms with E-state index in [4.69, 9.17) is 9.72 Å². The molecule has 30 heavy (non-hydrogen) atoms. The van der Waals surface area contributed by atoms with Crippen molar-refractivity contribution in [3.63, 3.8) is 0 Å². The van der Waals surface area contributed by atoms with Crippen molar-refractivity contribution >= 4 is 11.0 Å². The minimum atomic E-state index is 0.211. The number of aliphatic hydroxyl groups excluding tert-OH is 1. The molecule has 6 nitrogen and oxygen atoms in total. The maximum Gasteiger partial charge on any atom is 0.123 e. The lowest BCUT2D eigenvalue weighted by Crippen LogP contribution is -2.52. The molecule has 0 unspecified atom stereocenters. The van der Waals surface area contributed by atoms with Crippen LogP contribution in [-0.4, -0.2) is 63.9 Å². The van der Waals surface area contributed by atoms with Crippen LogP contribution >= 0.6 is 0 Å². The molecule has 3 aromatic rings. The lowest BCUT2D eigenvalue weighted by Gasteiger charge is -2.41. The van der Waals surface area contributed by atoms with Gasteiger partial charge in [-0.1, -0.05) is 24.3 Å². The Labute approximate surface area is 178 Å². The van der Waals surface area contributed by atoms with Gasteiger partial charge in [0.05, 0.1) is 24.7 Å². The van der Waals surface area contributed by atoms with E-state index in [9.17, 15) is 5.11 Å². The summed E-state index contributed by atoms with van der Waals surface area (Å²) in [6.07, 6.45) is 0.786. The number of aliphatic hydroxyl groups is 1. The van der Waals surface area contributed by atoms with Gasteiger partial charge in [0, 0.05) is 45.9 Å². The van der Waals surface area contributed by atoms with Gasteiger partial charge in [0.1, 0.15) is 11.6 Å². The van der Waals surface area contributed by atoms with Crippen molar-refractivity contribution in [1.82, 2.24) is 19.4 Å². The van der Waals surface area contributed by atoms with Gasteiger partial charge in [-0.25, -0.2) is 4.98 Å². The minimum absolute atomic E-state index is 0.211. The molecule has 6 heteroatoms. The fourth-order valence-electron chi connectivity index (χ4n) is 4.54. The summed E-state index contributed by atoms with van der Waals surface area (Å²) >= 11 is 0. The summed E-state index contributed by atoms with van der Waals surface area (Å²) in [6.45, 7) is 6.96. The first-order chi connectivity index (χ1) is 14.6. The highest BCUT2D eigenvalue weighted by Crippen LogP contribution is 2.23. The number of hydrogen-bond acceptors (Lipinski definition) is 5. The van der Waals surface area contributed by atoms with Gasteiger partial charge in [0.15, 0.2) is 0 Å². The first kappa shape index (κ1) is 20.8. The third kappa shape index (κ3) is 4.36. The van der Waals surface area contributed by atoms with Gasteiger partial charge >= 0.3 is 0 Å². The summed E-state index contributed by atoms with van der Waals surface area (Å²) in [6, 6.07) is 15.0. The molecule has 1 aliphatic heterocycles. The van der Waals surface area contributed by atoms with Gasteiger partial charge in [0.2, 0.25) is 0 Å². The Kier molecular flexibility index (Phi) is 6.37. The SMILES string of the molecule is COc1ccc(CN2CCN(Cc3nc4ccccc4n3C)C[C@@H]2CCO)cc1C. The van der Waals surface area contributed by atoms with E-state index in [-0.39, 0.29) is 6.61 Å². The Bertz CT molecular complexity index is 1000. The van der Waals surface area contributed by atoms with Crippen molar-refractivity contribution in [2.75, 3.05) is 33.4 Å². The summed E-state index contributed by atoms with van der Waals surface area (Å²) in [7, 11) is 3.81. The number of hydrogen-bond donors (Lipinski definition) is 1. The number of imidazole rings is 1. The number of benzene rings is 2. The van der Waals surface area contributed by atoms with Crippen molar-refractivity contribution in [2.24, 2.45) is 7.05 Å². The highest BCUT2D eigenvalue weighted by molar-refractivity contribution is 5.75. The average Bonchev–Trinajstić information content (AvgIpc) is 3.06. The maximum absolute atomic E-state index is 9.65. The molecular weight excluding hydrogens is 376 g/mol. The van der Waals surface area contributed by atoms with Crippen LogP contribution in [0.25, 0.3) is 11.0 Å². The Balaban J connectivity index is 1.44. The molecule has 4 rings (SSSR count). The smallest absolute Gasteiger partial charge is 0.123 e. The highest BCUT2D eigenvalue weighted by atomic mass is 16.5. The number of fused-ring (bicyclic) bond motifs is 1. The molecule has 1 atom stereocenters. The molecule has 0 spiro atoms. The number of rotatable bonds is 7. The van der Waals surface area contributed by atoms with Gasteiger partial charge in [-0.2, -0.15) is 0 Å². The molecule has 0 amide bonds. The summed E-state index contributed by atoms with van der Waals surface area (Å²) in [5.74, 6) is 2.02. The number of para-hydroxylation sites is 2. The number of piperazine rings is 1. The van der Waals surface area contributed by atoms with E-state index in [1.807, 2.05) is 12.1 Å². The third-order valence-electron chi connectivity index (χ3n) is 6.24. The number of nitrogens with zero attached hydrogens (tertiary/aromatic N) is 4. The van der Waals surface area contributed by atoms with Crippen LogP contribution in [0.15, 0.2) is 42.5 Å². The van der Waals surface area contributed by atoms with Crippen LogP contribution in [0.3, 0.4) is 0 Å². The first-order valence-electron chi connectivity index (χ1n) is 10.7. The monoisotopic (exact) mass is 408 g/mol. The molecule has 1 saturated heterocycles. The zero-order chi connectivity index (χ0) is 21.1. The van der Waals surface area contributed by atoms with Crippen LogP contribution < -0.4 is 4.74 Å². The lowest BCUT2D eigenvalue weighted by atomic mass is 10.1. The topological polar surface area (TPSA) is 53.8 Å². The molecule has 1 aliphatic rings. The Morgan fingerprint density at radius 3 is 2.70 bits per heavy atom. The fourth-order valence-corrected chi connectivity index (χ4v) is 4.54. The van der Waals surface area contributed by atoms with Crippen LogP contribution in [0, 0.1) is 6.92 Å².